The molecule has 0 fully saturated rings. The van der Waals surface area contributed by atoms with E-state index in [1.807, 2.05) is 36.4 Å². The quantitative estimate of drug-likeness (QED) is 0.541. The number of hydrogen-bond acceptors (Lipinski definition) is 4. The van der Waals surface area contributed by atoms with E-state index in [0.29, 0.717) is 30.5 Å². The maximum absolute atomic E-state index is 12.1. The first kappa shape index (κ1) is 16.4. The molecule has 2 heterocycles. The molecule has 0 atom stereocenters. The Morgan fingerprint density at radius 2 is 1.92 bits per heavy atom. The third kappa shape index (κ3) is 3.37. The Morgan fingerprint density at radius 3 is 2.76 bits per heavy atom. The van der Waals surface area contributed by atoms with Gasteiger partial charge >= 0.3 is 5.69 Å². The van der Waals surface area contributed by atoms with Crippen molar-refractivity contribution in [3.8, 4) is 11.5 Å². The summed E-state index contributed by atoms with van der Waals surface area (Å²) >= 11 is 7.99. The average Bonchev–Trinajstić information content (AvgIpc) is 2.94. The summed E-state index contributed by atoms with van der Waals surface area (Å²) in [4.78, 5) is 15.9. The molecule has 25 heavy (non-hydrogen) atoms. The van der Waals surface area contributed by atoms with Gasteiger partial charge in [-0.05, 0) is 30.4 Å². The molecular formula is C18H17ClN2O3S. The lowest BCUT2D eigenvalue weighted by atomic mass is 10.3. The summed E-state index contributed by atoms with van der Waals surface area (Å²) in [7, 11) is 0. The largest absolute Gasteiger partial charge is 0.486 e. The van der Waals surface area contributed by atoms with Gasteiger partial charge in [-0.25, -0.2) is 4.79 Å². The number of ether oxygens (including phenoxy) is 2. The molecule has 0 spiro atoms. The zero-order valence-electron chi connectivity index (χ0n) is 13.5. The summed E-state index contributed by atoms with van der Waals surface area (Å²) in [5, 5.41) is 0.665. The van der Waals surface area contributed by atoms with Crippen molar-refractivity contribution in [2.24, 2.45) is 0 Å². The number of halogens is 1. The van der Waals surface area contributed by atoms with E-state index in [1.165, 1.54) is 0 Å². The Morgan fingerprint density at radius 1 is 1.16 bits per heavy atom. The first-order valence-corrected chi connectivity index (χ1v) is 9.48. The molecule has 0 bridgehead atoms. The van der Waals surface area contributed by atoms with Gasteiger partial charge in [0.1, 0.15) is 13.2 Å². The van der Waals surface area contributed by atoms with Crippen LogP contribution in [0.25, 0.3) is 11.0 Å². The first-order valence-electron chi connectivity index (χ1n) is 8.12. The van der Waals surface area contributed by atoms with Gasteiger partial charge in [0.2, 0.25) is 0 Å². The smallest absolute Gasteiger partial charge is 0.326 e. The minimum Gasteiger partial charge on any atom is -0.486 e. The van der Waals surface area contributed by atoms with Crippen LogP contribution in [0.5, 0.6) is 11.5 Å². The van der Waals surface area contributed by atoms with Crippen molar-refractivity contribution in [2.75, 3.05) is 19.0 Å². The van der Waals surface area contributed by atoms with Crippen LogP contribution in [0.2, 0.25) is 5.02 Å². The van der Waals surface area contributed by atoms with Gasteiger partial charge in [0.15, 0.2) is 11.5 Å². The van der Waals surface area contributed by atoms with Crippen LogP contribution in [0.3, 0.4) is 0 Å². The molecule has 7 heteroatoms. The summed E-state index contributed by atoms with van der Waals surface area (Å²) in [5.41, 5.74) is 1.74. The molecule has 0 saturated carbocycles. The number of aryl methyl sites for hydroxylation is 1. The number of thioether (sulfide) groups is 1. The molecular weight excluding hydrogens is 360 g/mol. The second-order valence-electron chi connectivity index (χ2n) is 5.73. The molecule has 0 amide bonds. The number of hydrogen-bond donors (Lipinski definition) is 1. The van der Waals surface area contributed by atoms with Crippen molar-refractivity contribution in [1.82, 2.24) is 9.55 Å². The molecule has 1 N–H and O–H groups in total. The minimum absolute atomic E-state index is 0.0661. The van der Waals surface area contributed by atoms with E-state index in [2.05, 4.69) is 4.98 Å². The van der Waals surface area contributed by atoms with Crippen LogP contribution in [0.1, 0.15) is 6.42 Å². The monoisotopic (exact) mass is 376 g/mol. The second-order valence-corrected chi connectivity index (χ2v) is 7.27. The number of aromatic nitrogens is 2. The number of nitrogens with one attached hydrogen (secondary N) is 1. The van der Waals surface area contributed by atoms with E-state index >= 15 is 0 Å². The second kappa shape index (κ2) is 7.06. The van der Waals surface area contributed by atoms with Gasteiger partial charge in [-0.1, -0.05) is 23.7 Å². The SMILES string of the molecule is O=c1[nH]c2ccccc2n1CCCSc1cc2c(cc1Cl)OCCO2. The van der Waals surface area contributed by atoms with Gasteiger partial charge in [0.25, 0.3) is 0 Å². The average molecular weight is 377 g/mol. The number of H-pyrrole nitrogens is 1. The Hall–Kier alpha value is -2.05. The molecule has 0 unspecified atom stereocenters. The molecule has 0 saturated heterocycles. The Balaban J connectivity index is 1.41. The molecule has 1 aliphatic heterocycles. The summed E-state index contributed by atoms with van der Waals surface area (Å²) in [6.45, 7) is 1.77. The maximum Gasteiger partial charge on any atom is 0.326 e. The molecule has 0 radical (unpaired) electrons. The highest BCUT2D eigenvalue weighted by Gasteiger charge is 2.15. The topological polar surface area (TPSA) is 56.2 Å². The van der Waals surface area contributed by atoms with Gasteiger partial charge in [0, 0.05) is 17.5 Å². The Kier molecular flexibility index (Phi) is 4.63. The maximum atomic E-state index is 12.1. The molecule has 1 aromatic heterocycles. The zero-order chi connectivity index (χ0) is 17.2. The number of rotatable bonds is 5. The lowest BCUT2D eigenvalue weighted by Gasteiger charge is -2.19. The van der Waals surface area contributed by atoms with E-state index in [-0.39, 0.29) is 5.69 Å². The Bertz CT molecular complexity index is 967. The van der Waals surface area contributed by atoms with Gasteiger partial charge in [0.05, 0.1) is 16.1 Å². The molecule has 130 valence electrons. The summed E-state index contributed by atoms with van der Waals surface area (Å²) in [6.07, 6.45) is 0.858. The highest BCUT2D eigenvalue weighted by molar-refractivity contribution is 7.99. The fraction of sp³-hybridized carbons (Fsp3) is 0.278. The lowest BCUT2D eigenvalue weighted by molar-refractivity contribution is 0.171. The number of benzene rings is 2. The zero-order valence-corrected chi connectivity index (χ0v) is 15.0. The van der Waals surface area contributed by atoms with Crippen LogP contribution in [0.4, 0.5) is 0 Å². The van der Waals surface area contributed by atoms with Crippen molar-refractivity contribution in [2.45, 2.75) is 17.9 Å². The third-order valence-electron chi connectivity index (χ3n) is 4.06. The number of aromatic amines is 1. The minimum atomic E-state index is -0.0661. The first-order chi connectivity index (χ1) is 12.2. The number of para-hydroxylation sites is 2. The fourth-order valence-corrected chi connectivity index (χ4v) is 4.09. The fourth-order valence-electron chi connectivity index (χ4n) is 2.89. The van der Waals surface area contributed by atoms with E-state index in [9.17, 15) is 4.79 Å². The van der Waals surface area contributed by atoms with Crippen molar-refractivity contribution in [1.29, 1.82) is 0 Å². The molecule has 2 aromatic carbocycles. The highest BCUT2D eigenvalue weighted by atomic mass is 35.5. The van der Waals surface area contributed by atoms with Crippen molar-refractivity contribution >= 4 is 34.4 Å². The van der Waals surface area contributed by atoms with Crippen LogP contribution >= 0.6 is 23.4 Å². The predicted octanol–water partition coefficient (Wildman–Crippen LogP) is 3.94. The Labute approximate surface area is 153 Å². The van der Waals surface area contributed by atoms with Crippen LogP contribution in [0, 0.1) is 0 Å². The highest BCUT2D eigenvalue weighted by Crippen LogP contribution is 2.39. The van der Waals surface area contributed by atoms with Crippen molar-refractivity contribution in [3.63, 3.8) is 0 Å². The third-order valence-corrected chi connectivity index (χ3v) is 5.63. The molecule has 0 aliphatic carbocycles. The van der Waals surface area contributed by atoms with Gasteiger partial charge in [-0.3, -0.25) is 4.57 Å². The molecule has 1 aliphatic rings. The summed E-state index contributed by atoms with van der Waals surface area (Å²) in [5.74, 6) is 2.29. The summed E-state index contributed by atoms with van der Waals surface area (Å²) in [6, 6.07) is 11.5. The van der Waals surface area contributed by atoms with Crippen LogP contribution in [-0.4, -0.2) is 28.5 Å². The number of imidazole rings is 1. The van der Waals surface area contributed by atoms with Gasteiger partial charge < -0.3 is 14.5 Å². The van der Waals surface area contributed by atoms with Gasteiger partial charge in [-0.15, -0.1) is 11.8 Å². The van der Waals surface area contributed by atoms with E-state index in [0.717, 1.165) is 33.9 Å². The summed E-state index contributed by atoms with van der Waals surface area (Å²) < 4.78 is 12.9. The van der Waals surface area contributed by atoms with Crippen molar-refractivity contribution in [3.05, 3.63) is 51.9 Å². The van der Waals surface area contributed by atoms with E-state index in [1.54, 1.807) is 16.3 Å². The van der Waals surface area contributed by atoms with Gasteiger partial charge in [-0.2, -0.15) is 0 Å². The number of fused-ring (bicyclic) bond motifs is 2. The standard InChI is InChI=1S/C18H17ClN2O3S/c19-12-10-15-16(24-8-7-23-15)11-17(12)25-9-3-6-21-14-5-2-1-4-13(14)20-18(21)22/h1-2,4-5,10-11H,3,6-9H2,(H,20,22). The molecule has 3 aromatic rings. The van der Waals surface area contributed by atoms with Crippen LogP contribution in [-0.2, 0) is 6.54 Å². The lowest BCUT2D eigenvalue weighted by Crippen LogP contribution is -2.17. The van der Waals surface area contributed by atoms with E-state index < -0.39 is 0 Å². The van der Waals surface area contributed by atoms with E-state index in [4.69, 9.17) is 21.1 Å². The number of nitrogens with zero attached hydrogens (tertiary/aromatic N) is 1. The van der Waals surface area contributed by atoms with Crippen molar-refractivity contribution < 1.29 is 9.47 Å². The normalized spacial score (nSPS) is 13.3. The molecule has 5 nitrogen and oxygen atoms in total. The molecule has 4 rings (SSSR count). The predicted molar refractivity (Wildman–Crippen MR) is 100 cm³/mol. The van der Waals surface area contributed by atoms with Crippen LogP contribution in [0.15, 0.2) is 46.1 Å². The van der Waals surface area contributed by atoms with Crippen LogP contribution < -0.4 is 15.2 Å².